The summed E-state index contributed by atoms with van der Waals surface area (Å²) >= 11 is 12.8. The number of fused-ring (bicyclic) bond motifs is 3. The number of nitrogens with two attached hydrogens (primary N) is 1. The van der Waals surface area contributed by atoms with E-state index in [9.17, 15) is 18.8 Å². The maximum Gasteiger partial charge on any atom is 0.267 e. The second-order valence-corrected chi connectivity index (χ2v) is 14.4. The average molecular weight is 637 g/mol. The minimum atomic E-state index is -1.19. The van der Waals surface area contributed by atoms with Crippen LogP contribution in [0.3, 0.4) is 0 Å². The lowest BCUT2D eigenvalue weighted by atomic mass is 9.62. The molecular formula is C33H32Cl2FN5O3. The molecule has 1 saturated carbocycles. The maximum atomic E-state index is 14.9. The van der Waals surface area contributed by atoms with E-state index in [4.69, 9.17) is 28.9 Å². The number of benzene rings is 2. The van der Waals surface area contributed by atoms with Gasteiger partial charge in [-0.05, 0) is 78.1 Å². The number of rotatable bonds is 5. The summed E-state index contributed by atoms with van der Waals surface area (Å²) in [5, 5.41) is 3.51. The molecule has 7 rings (SSSR count). The van der Waals surface area contributed by atoms with Gasteiger partial charge in [-0.1, -0.05) is 56.1 Å². The molecule has 0 radical (unpaired) electrons. The third-order valence-corrected chi connectivity index (χ3v) is 10.1. The van der Waals surface area contributed by atoms with Gasteiger partial charge in [-0.15, -0.1) is 0 Å². The standard InChI is InChI=1S/C33H32Cl2FN5O3/c1-32(2,3)14-25-33(20-9-7-18(34)13-24(20)39-31(33)44)26(17-6-10-22(36)21(35)12-17)27-30(43)40(29(41(25)27)16-4-5-16)19-8-11-23(28(37)42)38-15-19/h6-13,15-16,25-27,29H,4-5,14H2,1-3H3,(H2,37,42)(H,39,44)/t25-,26-,27+,29+,33+/m0/s1. The van der Waals surface area contributed by atoms with Crippen molar-refractivity contribution in [1.29, 1.82) is 0 Å². The molecule has 0 bridgehead atoms. The average Bonchev–Trinajstić information content (AvgIpc) is 3.63. The van der Waals surface area contributed by atoms with Crippen molar-refractivity contribution in [2.45, 2.75) is 69.6 Å². The van der Waals surface area contributed by atoms with E-state index in [-0.39, 0.29) is 40.0 Å². The van der Waals surface area contributed by atoms with Gasteiger partial charge in [0.1, 0.15) is 23.0 Å². The van der Waals surface area contributed by atoms with Gasteiger partial charge in [0.05, 0.1) is 23.1 Å². The Kier molecular flexibility index (Phi) is 6.63. The van der Waals surface area contributed by atoms with Crippen LogP contribution in [0.4, 0.5) is 15.8 Å². The van der Waals surface area contributed by atoms with Crippen molar-refractivity contribution < 1.29 is 18.8 Å². The first-order chi connectivity index (χ1) is 20.8. The summed E-state index contributed by atoms with van der Waals surface area (Å²) in [5.74, 6) is -2.17. The van der Waals surface area contributed by atoms with E-state index < -0.39 is 35.1 Å². The van der Waals surface area contributed by atoms with Gasteiger partial charge in [-0.3, -0.25) is 24.2 Å². The van der Waals surface area contributed by atoms with E-state index in [1.54, 1.807) is 35.2 Å². The Balaban J connectivity index is 1.49. The summed E-state index contributed by atoms with van der Waals surface area (Å²) in [7, 11) is 0. The van der Waals surface area contributed by atoms with Crippen molar-refractivity contribution in [1.82, 2.24) is 9.88 Å². The zero-order chi connectivity index (χ0) is 31.3. The molecule has 3 amide bonds. The number of hydrogen-bond donors (Lipinski definition) is 2. The van der Waals surface area contributed by atoms with Crippen LogP contribution >= 0.6 is 23.2 Å². The first kappa shape index (κ1) is 29.2. The molecule has 1 aromatic heterocycles. The SMILES string of the molecule is CC(C)(C)C[C@@H]1N2[C@H](C3CC3)N(c3ccc(C(N)=O)nc3)C(=O)[C@H]2[C@H](c2ccc(F)c(Cl)c2)[C@]12C(=O)Nc1cc(Cl)ccc12. The molecule has 8 nitrogen and oxygen atoms in total. The minimum Gasteiger partial charge on any atom is -0.364 e. The lowest BCUT2D eigenvalue weighted by Gasteiger charge is -2.43. The predicted molar refractivity (Wildman–Crippen MR) is 166 cm³/mol. The summed E-state index contributed by atoms with van der Waals surface area (Å²) in [6, 6.07) is 11.9. The van der Waals surface area contributed by atoms with Gasteiger partial charge >= 0.3 is 0 Å². The molecule has 1 aliphatic carbocycles. The minimum absolute atomic E-state index is 0.0782. The highest BCUT2D eigenvalue weighted by Crippen LogP contribution is 2.64. The van der Waals surface area contributed by atoms with Crippen LogP contribution in [-0.2, 0) is 15.0 Å². The third-order valence-electron chi connectivity index (χ3n) is 9.56. The third kappa shape index (κ3) is 4.27. The van der Waals surface area contributed by atoms with Crippen LogP contribution in [-0.4, -0.2) is 45.9 Å². The van der Waals surface area contributed by atoms with Gasteiger partial charge in [0.25, 0.3) is 5.91 Å². The normalized spacial score (nSPS) is 28.0. The van der Waals surface area contributed by atoms with E-state index in [0.29, 0.717) is 28.4 Å². The molecule has 4 aliphatic rings. The molecule has 3 aromatic rings. The maximum absolute atomic E-state index is 14.9. The molecule has 0 unspecified atom stereocenters. The molecule has 3 fully saturated rings. The number of pyridine rings is 1. The highest BCUT2D eigenvalue weighted by atomic mass is 35.5. The number of nitrogens with one attached hydrogen (secondary N) is 1. The van der Waals surface area contributed by atoms with Crippen LogP contribution in [0.2, 0.25) is 10.0 Å². The highest BCUT2D eigenvalue weighted by Gasteiger charge is 2.74. The van der Waals surface area contributed by atoms with Gasteiger partial charge in [0, 0.05) is 22.7 Å². The van der Waals surface area contributed by atoms with Crippen LogP contribution in [0.15, 0.2) is 54.7 Å². The summed E-state index contributed by atoms with van der Waals surface area (Å²) in [4.78, 5) is 49.5. The molecule has 3 aliphatic heterocycles. The summed E-state index contributed by atoms with van der Waals surface area (Å²) in [6.07, 6.45) is 3.58. The summed E-state index contributed by atoms with van der Waals surface area (Å²) < 4.78 is 14.6. The van der Waals surface area contributed by atoms with Crippen LogP contribution in [0.5, 0.6) is 0 Å². The smallest absolute Gasteiger partial charge is 0.267 e. The Hall–Kier alpha value is -3.53. The number of amides is 3. The lowest BCUT2D eigenvalue weighted by molar-refractivity contribution is -0.123. The van der Waals surface area contributed by atoms with E-state index in [2.05, 4.69) is 36.0 Å². The number of carbonyl (C=O) groups is 3. The van der Waals surface area contributed by atoms with Crippen molar-refractivity contribution in [3.63, 3.8) is 0 Å². The number of anilines is 2. The number of aromatic nitrogens is 1. The molecule has 5 atom stereocenters. The van der Waals surface area contributed by atoms with Gasteiger partial charge in [-0.25, -0.2) is 9.37 Å². The van der Waals surface area contributed by atoms with Gasteiger partial charge < -0.3 is 11.1 Å². The Labute approximate surface area is 264 Å². The summed E-state index contributed by atoms with van der Waals surface area (Å²) in [5.41, 5.74) is 6.65. The summed E-state index contributed by atoms with van der Waals surface area (Å²) in [6.45, 7) is 6.38. The molecule has 3 N–H and O–H groups in total. The quantitative estimate of drug-likeness (QED) is 0.364. The predicted octanol–water partition coefficient (Wildman–Crippen LogP) is 5.87. The van der Waals surface area contributed by atoms with Gasteiger partial charge in [-0.2, -0.15) is 0 Å². The van der Waals surface area contributed by atoms with Crippen LogP contribution in [0.1, 0.15) is 67.6 Å². The largest absolute Gasteiger partial charge is 0.364 e. The van der Waals surface area contributed by atoms with E-state index in [1.807, 2.05) is 6.07 Å². The first-order valence-electron chi connectivity index (χ1n) is 14.8. The van der Waals surface area contributed by atoms with Crippen molar-refractivity contribution in [3.8, 4) is 0 Å². The molecule has 228 valence electrons. The number of nitrogens with zero attached hydrogens (tertiary/aromatic N) is 3. The number of primary amides is 1. The van der Waals surface area contributed by atoms with Crippen molar-refractivity contribution in [3.05, 3.63) is 87.4 Å². The van der Waals surface area contributed by atoms with Crippen LogP contribution in [0.25, 0.3) is 0 Å². The monoisotopic (exact) mass is 635 g/mol. The molecule has 1 spiro atoms. The molecular weight excluding hydrogens is 604 g/mol. The number of hydrogen-bond acceptors (Lipinski definition) is 5. The van der Waals surface area contributed by atoms with Crippen molar-refractivity contribution >= 4 is 52.3 Å². The molecule has 2 aromatic carbocycles. The fraction of sp³-hybridized carbons (Fsp3) is 0.394. The molecule has 4 heterocycles. The first-order valence-corrected chi connectivity index (χ1v) is 15.5. The Morgan fingerprint density at radius 2 is 1.86 bits per heavy atom. The van der Waals surface area contributed by atoms with Gasteiger partial charge in [0.2, 0.25) is 11.8 Å². The lowest BCUT2D eigenvalue weighted by Crippen LogP contribution is -2.55. The number of carbonyl (C=O) groups excluding carboxylic acids is 3. The second kappa shape index (κ2) is 9.99. The topological polar surface area (TPSA) is 109 Å². The van der Waals surface area contributed by atoms with Crippen molar-refractivity contribution in [2.24, 2.45) is 17.1 Å². The van der Waals surface area contributed by atoms with Crippen molar-refractivity contribution in [2.75, 3.05) is 10.2 Å². The zero-order valence-corrected chi connectivity index (χ0v) is 26.0. The van der Waals surface area contributed by atoms with Crippen LogP contribution < -0.4 is 16.0 Å². The van der Waals surface area contributed by atoms with Gasteiger partial charge in [0.15, 0.2) is 0 Å². The highest BCUT2D eigenvalue weighted by molar-refractivity contribution is 6.31. The van der Waals surface area contributed by atoms with E-state index in [0.717, 1.165) is 18.4 Å². The Morgan fingerprint density at radius 3 is 2.48 bits per heavy atom. The second-order valence-electron chi connectivity index (χ2n) is 13.6. The molecule has 44 heavy (non-hydrogen) atoms. The van der Waals surface area contributed by atoms with E-state index in [1.165, 1.54) is 18.3 Å². The fourth-order valence-corrected chi connectivity index (χ4v) is 8.21. The van der Waals surface area contributed by atoms with Crippen LogP contribution in [0, 0.1) is 17.2 Å². The molecule has 11 heteroatoms. The fourth-order valence-electron chi connectivity index (χ4n) is 7.85. The molecule has 2 saturated heterocycles. The Morgan fingerprint density at radius 1 is 1.11 bits per heavy atom. The number of halogens is 3. The zero-order valence-electron chi connectivity index (χ0n) is 24.5. The Bertz CT molecular complexity index is 1720. The van der Waals surface area contributed by atoms with E-state index >= 15 is 0 Å².